The second kappa shape index (κ2) is 9.37. The molecule has 1 rings (SSSR count). The second-order valence-electron chi connectivity index (χ2n) is 2.62. The van der Waals surface area contributed by atoms with Crippen molar-refractivity contribution in [2.24, 2.45) is 0 Å². The fourth-order valence-electron chi connectivity index (χ4n) is 1.02. The minimum atomic E-state index is -1.79. The summed E-state index contributed by atoms with van der Waals surface area (Å²) in [5, 5.41) is 31.3. The summed E-state index contributed by atoms with van der Waals surface area (Å²) in [4.78, 5) is 31.3. The molecule has 18 heavy (non-hydrogen) atoms. The number of rotatable bonds is 3. The topological polar surface area (TPSA) is 120 Å². The van der Waals surface area contributed by atoms with Crippen LogP contribution in [0.15, 0.2) is 18.2 Å². The Morgan fingerprint density at radius 3 is 1.50 bits per heavy atom. The van der Waals surface area contributed by atoms with Crippen LogP contribution in [-0.4, -0.2) is 17.9 Å². The number of benzene rings is 1. The van der Waals surface area contributed by atoms with Gasteiger partial charge in [0, 0.05) is 11.1 Å². The minimum Gasteiger partial charge on any atom is -0.545 e. The summed E-state index contributed by atoms with van der Waals surface area (Å²) < 4.78 is 0. The summed E-state index contributed by atoms with van der Waals surface area (Å²) in [5.41, 5.74) is -1.84. The number of carbonyl (C=O) groups excluding carboxylic acids is 3. The summed E-state index contributed by atoms with van der Waals surface area (Å²) in [6, 6.07) is 2.37. The van der Waals surface area contributed by atoms with Crippen LogP contribution in [0.3, 0.4) is 0 Å². The van der Waals surface area contributed by atoms with Gasteiger partial charge in [-0.25, -0.2) is 0 Å². The first-order valence-corrected chi connectivity index (χ1v) is 3.71. The van der Waals surface area contributed by atoms with Gasteiger partial charge < -0.3 is 29.7 Å². The summed E-state index contributed by atoms with van der Waals surface area (Å²) in [6.07, 6.45) is 0. The molecule has 0 aliphatic carbocycles. The van der Waals surface area contributed by atoms with E-state index < -0.39 is 34.6 Å². The van der Waals surface area contributed by atoms with Gasteiger partial charge in [-0.05, 0) is 11.6 Å². The third-order valence-electron chi connectivity index (χ3n) is 1.70. The van der Waals surface area contributed by atoms with Gasteiger partial charge in [0.05, 0.1) is 17.9 Å². The van der Waals surface area contributed by atoms with Crippen molar-refractivity contribution in [3.05, 3.63) is 34.9 Å². The van der Waals surface area contributed by atoms with E-state index in [1.165, 1.54) is 0 Å². The van der Waals surface area contributed by atoms with Crippen LogP contribution in [0.25, 0.3) is 0 Å². The third-order valence-corrected chi connectivity index (χ3v) is 1.70. The molecule has 0 radical (unpaired) electrons. The van der Waals surface area contributed by atoms with Gasteiger partial charge in [-0.3, -0.25) is 0 Å². The molecule has 0 N–H and O–H groups in total. The molecule has 9 heteroatoms. The van der Waals surface area contributed by atoms with Crippen molar-refractivity contribution in [1.82, 2.24) is 0 Å². The van der Waals surface area contributed by atoms with Gasteiger partial charge in [-0.1, -0.05) is 12.1 Å². The molecule has 0 spiro atoms. The van der Waals surface area contributed by atoms with Crippen molar-refractivity contribution in [3.63, 3.8) is 0 Å². The Hall–Kier alpha value is -0.578. The van der Waals surface area contributed by atoms with Crippen molar-refractivity contribution < 1.29 is 86.3 Å². The zero-order chi connectivity index (χ0) is 11.6. The van der Waals surface area contributed by atoms with E-state index in [1.54, 1.807) is 0 Å². The molecule has 0 heterocycles. The average Bonchev–Trinajstić information content (AvgIpc) is 2.16. The van der Waals surface area contributed by atoms with E-state index in [9.17, 15) is 29.7 Å². The zero-order valence-electron chi connectivity index (χ0n) is 10.2. The minimum absolute atomic E-state index is 0. The Morgan fingerprint density at radius 1 is 0.722 bits per heavy atom. The molecular weight excluding hydrogens is 225 g/mol. The van der Waals surface area contributed by atoms with E-state index in [1.807, 2.05) is 0 Å². The molecule has 0 saturated carbocycles. The van der Waals surface area contributed by atoms with E-state index in [2.05, 4.69) is 0 Å². The molecule has 1 aromatic rings. The van der Waals surface area contributed by atoms with Crippen molar-refractivity contribution >= 4 is 17.9 Å². The van der Waals surface area contributed by atoms with Crippen LogP contribution in [0.1, 0.15) is 31.1 Å². The SMILES string of the molecule is O=C([O-])c1ccc(C(=O)[O-])c(C(=O)[O-])c1.[Li+].[Li+].[Li+]. The van der Waals surface area contributed by atoms with E-state index in [0.29, 0.717) is 6.07 Å². The number of carboxylic acids is 3. The molecule has 6 nitrogen and oxygen atoms in total. The Kier molecular flexibility index (Phi) is 11.8. The van der Waals surface area contributed by atoms with Crippen molar-refractivity contribution in [2.45, 2.75) is 0 Å². The van der Waals surface area contributed by atoms with Gasteiger partial charge in [0.25, 0.3) is 0 Å². The maximum atomic E-state index is 10.5. The van der Waals surface area contributed by atoms with Gasteiger partial charge >= 0.3 is 56.6 Å². The Labute approximate surface area is 138 Å². The molecule has 0 fully saturated rings. The first kappa shape index (κ1) is 22.6. The predicted octanol–water partition coefficient (Wildman–Crippen LogP) is -12.2. The van der Waals surface area contributed by atoms with Gasteiger partial charge in [0.1, 0.15) is 0 Å². The van der Waals surface area contributed by atoms with E-state index in [4.69, 9.17) is 0 Å². The molecule has 1 aromatic carbocycles. The molecule has 0 amide bonds. The monoisotopic (exact) mass is 228 g/mol. The Balaban J connectivity index is -0.000000750. The molecule has 0 saturated heterocycles. The number of hydrogen-bond donors (Lipinski definition) is 0. The van der Waals surface area contributed by atoms with Crippen molar-refractivity contribution in [1.29, 1.82) is 0 Å². The smallest absolute Gasteiger partial charge is 0.545 e. The molecule has 0 aliphatic rings. The van der Waals surface area contributed by atoms with Gasteiger partial charge in [0.2, 0.25) is 0 Å². The molecule has 0 aromatic heterocycles. The van der Waals surface area contributed by atoms with Crippen molar-refractivity contribution in [3.8, 4) is 0 Å². The first-order valence-electron chi connectivity index (χ1n) is 3.71. The first-order chi connectivity index (χ1) is 6.93. The van der Waals surface area contributed by atoms with E-state index >= 15 is 0 Å². The maximum Gasteiger partial charge on any atom is 1.00 e. The summed E-state index contributed by atoms with van der Waals surface area (Å²) >= 11 is 0. The largest absolute Gasteiger partial charge is 1.00 e. The second-order valence-corrected chi connectivity index (χ2v) is 2.62. The molecular formula is C9H3Li3O6. The van der Waals surface area contributed by atoms with Crippen LogP contribution in [0, 0.1) is 0 Å². The predicted molar refractivity (Wildman–Crippen MR) is 39.4 cm³/mol. The Morgan fingerprint density at radius 2 is 1.17 bits per heavy atom. The normalized spacial score (nSPS) is 8.00. The molecule has 0 bridgehead atoms. The quantitative estimate of drug-likeness (QED) is 0.473. The summed E-state index contributed by atoms with van der Waals surface area (Å²) in [5.74, 6) is -5.13. The molecule has 0 aliphatic heterocycles. The summed E-state index contributed by atoms with van der Waals surface area (Å²) in [7, 11) is 0. The standard InChI is InChI=1S/C9H6O6.3Li/c10-7(11)4-1-2-5(8(12)13)6(3-4)9(14)15;;;/h1-3H,(H,10,11)(H,12,13)(H,14,15);;;/q;3*+1/p-3. The van der Waals surface area contributed by atoms with E-state index in [-0.39, 0.29) is 56.6 Å². The van der Waals surface area contributed by atoms with Gasteiger partial charge in [0.15, 0.2) is 0 Å². The van der Waals surface area contributed by atoms with Gasteiger partial charge in [-0.2, -0.15) is 0 Å². The number of aromatic carboxylic acids is 3. The number of hydrogen-bond acceptors (Lipinski definition) is 6. The fraction of sp³-hybridized carbons (Fsp3) is 0. The van der Waals surface area contributed by atoms with Crippen LogP contribution >= 0.6 is 0 Å². The fourth-order valence-corrected chi connectivity index (χ4v) is 1.02. The molecule has 0 atom stereocenters. The number of carbonyl (C=O) groups is 3. The zero-order valence-corrected chi connectivity index (χ0v) is 10.2. The van der Waals surface area contributed by atoms with Crippen LogP contribution in [0.2, 0.25) is 0 Å². The van der Waals surface area contributed by atoms with Crippen LogP contribution in [-0.2, 0) is 0 Å². The molecule has 0 unspecified atom stereocenters. The van der Waals surface area contributed by atoms with Gasteiger partial charge in [-0.15, -0.1) is 0 Å². The average molecular weight is 228 g/mol. The third kappa shape index (κ3) is 5.38. The maximum absolute atomic E-state index is 10.5. The Bertz CT molecular complexity index is 460. The van der Waals surface area contributed by atoms with E-state index in [0.717, 1.165) is 12.1 Å². The molecule has 78 valence electrons. The number of carboxylic acid groups (broad SMARTS) is 3. The van der Waals surface area contributed by atoms with Crippen molar-refractivity contribution in [2.75, 3.05) is 0 Å². The van der Waals surface area contributed by atoms with Crippen LogP contribution < -0.4 is 71.9 Å². The summed E-state index contributed by atoms with van der Waals surface area (Å²) in [6.45, 7) is 0. The van der Waals surface area contributed by atoms with Crippen LogP contribution in [0.4, 0.5) is 0 Å². The van der Waals surface area contributed by atoms with Crippen LogP contribution in [0.5, 0.6) is 0 Å².